The smallest absolute Gasteiger partial charge is 0.256 e. The number of rotatable bonds is 6. The summed E-state index contributed by atoms with van der Waals surface area (Å²) in [4.78, 5) is 13.0. The molecule has 5 nitrogen and oxygen atoms in total. The lowest BCUT2D eigenvalue weighted by molar-refractivity contribution is -0.117. The van der Waals surface area contributed by atoms with Crippen LogP contribution in [-0.2, 0) is 19.0 Å². The standard InChI is InChI=1S/C21H29NO4/c1-5-25-13-26-19-18(17-12-14(2)6-7-15(17)3)20(23)22-21(19)10-8-16(24-4)9-11-21/h6-7,12,16H,5,8-11,13H2,1-4H3,(H,22,23)/t16-,21+. The molecule has 1 fully saturated rings. The summed E-state index contributed by atoms with van der Waals surface area (Å²) in [6, 6.07) is 6.18. The van der Waals surface area contributed by atoms with Crippen LogP contribution in [0.4, 0.5) is 0 Å². The molecule has 3 rings (SSSR count). The Kier molecular flexibility index (Phi) is 5.68. The van der Waals surface area contributed by atoms with E-state index >= 15 is 0 Å². The maximum atomic E-state index is 13.0. The van der Waals surface area contributed by atoms with Crippen molar-refractivity contribution in [3.05, 3.63) is 40.6 Å². The monoisotopic (exact) mass is 359 g/mol. The lowest BCUT2D eigenvalue weighted by Gasteiger charge is -2.38. The van der Waals surface area contributed by atoms with Gasteiger partial charge in [0.25, 0.3) is 5.91 Å². The van der Waals surface area contributed by atoms with Gasteiger partial charge in [-0.1, -0.05) is 23.8 Å². The van der Waals surface area contributed by atoms with Crippen molar-refractivity contribution in [1.29, 1.82) is 0 Å². The lowest BCUT2D eigenvalue weighted by atomic mass is 9.79. The zero-order chi connectivity index (χ0) is 18.7. The van der Waals surface area contributed by atoms with Crippen molar-refractivity contribution in [2.24, 2.45) is 0 Å². The van der Waals surface area contributed by atoms with Crippen LogP contribution in [0.25, 0.3) is 5.57 Å². The fourth-order valence-corrected chi connectivity index (χ4v) is 3.99. The number of ether oxygens (including phenoxy) is 3. The van der Waals surface area contributed by atoms with Crippen LogP contribution in [0.15, 0.2) is 24.0 Å². The minimum Gasteiger partial charge on any atom is -0.469 e. The Morgan fingerprint density at radius 3 is 2.62 bits per heavy atom. The number of methoxy groups -OCH3 is 1. The highest BCUT2D eigenvalue weighted by atomic mass is 16.7. The molecule has 2 aliphatic rings. The molecule has 0 atom stereocenters. The fourth-order valence-electron chi connectivity index (χ4n) is 3.99. The molecule has 1 amide bonds. The van der Waals surface area contributed by atoms with Gasteiger partial charge < -0.3 is 19.5 Å². The Labute approximate surface area is 155 Å². The average molecular weight is 359 g/mol. The Morgan fingerprint density at radius 2 is 1.96 bits per heavy atom. The van der Waals surface area contributed by atoms with Crippen LogP contribution in [-0.4, -0.2) is 38.1 Å². The van der Waals surface area contributed by atoms with Crippen LogP contribution in [0.5, 0.6) is 0 Å². The van der Waals surface area contributed by atoms with Crippen molar-refractivity contribution < 1.29 is 19.0 Å². The van der Waals surface area contributed by atoms with Crippen molar-refractivity contribution in [2.45, 2.75) is 58.1 Å². The summed E-state index contributed by atoms with van der Waals surface area (Å²) in [6.45, 7) is 6.73. The molecule has 0 radical (unpaired) electrons. The molecule has 1 saturated carbocycles. The van der Waals surface area contributed by atoms with Gasteiger partial charge in [0.2, 0.25) is 0 Å². The van der Waals surface area contributed by atoms with E-state index in [-0.39, 0.29) is 18.8 Å². The minimum atomic E-state index is -0.450. The molecule has 1 aromatic carbocycles. The Morgan fingerprint density at radius 1 is 1.23 bits per heavy atom. The molecular weight excluding hydrogens is 330 g/mol. The quantitative estimate of drug-likeness (QED) is 0.624. The summed E-state index contributed by atoms with van der Waals surface area (Å²) in [5, 5.41) is 3.24. The molecule has 0 saturated heterocycles. The minimum absolute atomic E-state index is 0.0546. The second-order valence-corrected chi connectivity index (χ2v) is 7.25. The molecule has 5 heteroatoms. The molecule has 1 heterocycles. The number of hydrogen-bond donors (Lipinski definition) is 1. The van der Waals surface area contributed by atoms with Gasteiger partial charge in [-0.05, 0) is 57.6 Å². The van der Waals surface area contributed by atoms with E-state index in [9.17, 15) is 4.79 Å². The third-order valence-corrected chi connectivity index (χ3v) is 5.51. The van der Waals surface area contributed by atoms with Crippen LogP contribution in [0, 0.1) is 13.8 Å². The summed E-state index contributed by atoms with van der Waals surface area (Å²) in [5.74, 6) is 0.681. The van der Waals surface area contributed by atoms with Crippen molar-refractivity contribution in [3.8, 4) is 0 Å². The predicted octanol–water partition coefficient (Wildman–Crippen LogP) is 3.48. The van der Waals surface area contributed by atoms with Crippen LogP contribution in [0.1, 0.15) is 49.3 Å². The van der Waals surface area contributed by atoms with Crippen LogP contribution < -0.4 is 5.32 Å². The maximum Gasteiger partial charge on any atom is 0.256 e. The third kappa shape index (κ3) is 3.51. The molecule has 1 N–H and O–H groups in total. The third-order valence-electron chi connectivity index (χ3n) is 5.51. The van der Waals surface area contributed by atoms with Gasteiger partial charge in [-0.25, -0.2) is 0 Å². The zero-order valence-corrected chi connectivity index (χ0v) is 16.2. The van der Waals surface area contributed by atoms with Crippen LogP contribution in [0.3, 0.4) is 0 Å². The number of carbonyl (C=O) groups excluding carboxylic acids is 1. The number of amides is 1. The van der Waals surface area contributed by atoms with E-state index in [0.29, 0.717) is 12.2 Å². The average Bonchev–Trinajstić information content (AvgIpc) is 2.89. The first-order valence-electron chi connectivity index (χ1n) is 9.39. The van der Waals surface area contributed by atoms with Crippen LogP contribution in [0.2, 0.25) is 0 Å². The second kappa shape index (κ2) is 7.80. The molecule has 26 heavy (non-hydrogen) atoms. The van der Waals surface area contributed by atoms with E-state index in [0.717, 1.165) is 48.1 Å². The summed E-state index contributed by atoms with van der Waals surface area (Å²) in [6.07, 6.45) is 3.67. The Bertz CT molecular complexity index is 702. The Balaban J connectivity index is 2.03. The first kappa shape index (κ1) is 18.9. The van der Waals surface area contributed by atoms with Gasteiger partial charge in [0.1, 0.15) is 5.76 Å². The highest BCUT2D eigenvalue weighted by Gasteiger charge is 2.49. The molecular formula is C21H29NO4. The van der Waals surface area contributed by atoms with Gasteiger partial charge in [0.15, 0.2) is 6.79 Å². The van der Waals surface area contributed by atoms with Gasteiger partial charge in [-0.3, -0.25) is 4.79 Å². The van der Waals surface area contributed by atoms with E-state index < -0.39 is 5.54 Å². The van der Waals surface area contributed by atoms with E-state index in [1.165, 1.54) is 0 Å². The van der Waals surface area contributed by atoms with Gasteiger partial charge in [0, 0.05) is 13.7 Å². The van der Waals surface area contributed by atoms with Gasteiger partial charge >= 0.3 is 0 Å². The van der Waals surface area contributed by atoms with Gasteiger partial charge in [-0.2, -0.15) is 0 Å². The van der Waals surface area contributed by atoms with Gasteiger partial charge in [-0.15, -0.1) is 0 Å². The van der Waals surface area contributed by atoms with Crippen LogP contribution >= 0.6 is 0 Å². The lowest BCUT2D eigenvalue weighted by Crippen LogP contribution is -2.48. The number of aryl methyl sites for hydroxylation is 2. The molecule has 1 aliphatic carbocycles. The van der Waals surface area contributed by atoms with Crippen molar-refractivity contribution in [3.63, 3.8) is 0 Å². The Hall–Kier alpha value is -1.85. The van der Waals surface area contributed by atoms with Gasteiger partial charge in [0.05, 0.1) is 17.2 Å². The molecule has 1 aliphatic heterocycles. The SMILES string of the molecule is CCOCOC1=C(c2cc(C)ccc2C)C(=O)N[C@]12CC[C@@H](OC)CC2. The predicted molar refractivity (Wildman–Crippen MR) is 101 cm³/mol. The molecule has 142 valence electrons. The number of benzene rings is 1. The summed E-state index contributed by atoms with van der Waals surface area (Å²) >= 11 is 0. The second-order valence-electron chi connectivity index (χ2n) is 7.25. The molecule has 1 spiro atoms. The number of nitrogens with one attached hydrogen (secondary N) is 1. The number of carbonyl (C=O) groups is 1. The number of hydrogen-bond acceptors (Lipinski definition) is 4. The first-order chi connectivity index (χ1) is 12.5. The van der Waals surface area contributed by atoms with Crippen molar-refractivity contribution >= 4 is 11.5 Å². The van der Waals surface area contributed by atoms with Crippen molar-refractivity contribution in [1.82, 2.24) is 5.32 Å². The molecule has 0 bridgehead atoms. The first-order valence-corrected chi connectivity index (χ1v) is 9.39. The summed E-state index contributed by atoms with van der Waals surface area (Å²) in [7, 11) is 1.75. The van der Waals surface area contributed by atoms with E-state index in [2.05, 4.69) is 23.5 Å². The molecule has 0 aromatic heterocycles. The van der Waals surface area contributed by atoms with E-state index in [1.807, 2.05) is 20.8 Å². The van der Waals surface area contributed by atoms with E-state index in [1.54, 1.807) is 7.11 Å². The largest absolute Gasteiger partial charge is 0.469 e. The van der Waals surface area contributed by atoms with E-state index in [4.69, 9.17) is 14.2 Å². The van der Waals surface area contributed by atoms with Crippen molar-refractivity contribution in [2.75, 3.05) is 20.5 Å². The summed E-state index contributed by atoms with van der Waals surface area (Å²) < 4.78 is 17.0. The normalized spacial score (nSPS) is 25.7. The zero-order valence-electron chi connectivity index (χ0n) is 16.2. The fraction of sp³-hybridized carbons (Fsp3) is 0.571. The molecule has 1 aromatic rings. The highest BCUT2D eigenvalue weighted by molar-refractivity contribution is 6.23. The highest BCUT2D eigenvalue weighted by Crippen LogP contribution is 2.44. The maximum absolute atomic E-state index is 13.0. The summed E-state index contributed by atoms with van der Waals surface area (Å²) in [5.41, 5.74) is 3.34. The topological polar surface area (TPSA) is 56.8 Å². The molecule has 0 unspecified atom stereocenters.